The maximum atomic E-state index is 12.7. The van der Waals surface area contributed by atoms with Gasteiger partial charge in [-0.3, -0.25) is 9.69 Å². The number of hydrogen-bond acceptors (Lipinski definition) is 4. The summed E-state index contributed by atoms with van der Waals surface area (Å²) in [7, 11) is 0. The highest BCUT2D eigenvalue weighted by molar-refractivity contribution is 5.80. The Morgan fingerprint density at radius 2 is 2.00 bits per heavy atom. The van der Waals surface area contributed by atoms with Gasteiger partial charge in [-0.2, -0.15) is 0 Å². The number of hydrogen-bond donors (Lipinski definition) is 0. The molecule has 5 nitrogen and oxygen atoms in total. The van der Waals surface area contributed by atoms with Gasteiger partial charge in [0.1, 0.15) is 6.10 Å². The minimum absolute atomic E-state index is 0.113. The van der Waals surface area contributed by atoms with Crippen molar-refractivity contribution in [2.75, 3.05) is 39.4 Å². The molecule has 144 valence electrons. The van der Waals surface area contributed by atoms with Crippen LogP contribution < -0.4 is 0 Å². The van der Waals surface area contributed by atoms with E-state index in [1.54, 1.807) is 0 Å². The number of nitrogens with zero attached hydrogens (tertiary/aromatic N) is 2. The minimum Gasteiger partial charge on any atom is -0.376 e. The van der Waals surface area contributed by atoms with E-state index in [0.717, 1.165) is 58.6 Å². The quantitative estimate of drug-likeness (QED) is 0.782. The highest BCUT2D eigenvalue weighted by Gasteiger charge is 2.25. The number of carbonyl (C=O) groups is 1. The Morgan fingerprint density at radius 3 is 2.77 bits per heavy atom. The van der Waals surface area contributed by atoms with Gasteiger partial charge in [0.25, 0.3) is 5.91 Å². The predicted molar refractivity (Wildman–Crippen MR) is 102 cm³/mol. The van der Waals surface area contributed by atoms with Crippen LogP contribution in [0, 0.1) is 0 Å². The van der Waals surface area contributed by atoms with Crippen LogP contribution in [-0.4, -0.2) is 67.3 Å². The molecule has 0 bridgehead atoms. The summed E-state index contributed by atoms with van der Waals surface area (Å²) < 4.78 is 11.5. The molecular formula is C21H32N2O3. The normalized spacial score (nSPS) is 23.4. The van der Waals surface area contributed by atoms with E-state index in [-0.39, 0.29) is 18.1 Å². The van der Waals surface area contributed by atoms with Crippen LogP contribution in [0.2, 0.25) is 0 Å². The van der Waals surface area contributed by atoms with E-state index in [1.807, 2.05) is 17.9 Å². The fraction of sp³-hybridized carbons (Fsp3) is 0.667. The zero-order chi connectivity index (χ0) is 18.2. The number of benzene rings is 1. The molecule has 0 N–H and O–H groups in total. The molecule has 0 radical (unpaired) electrons. The van der Waals surface area contributed by atoms with Crippen LogP contribution in [0.15, 0.2) is 30.3 Å². The molecule has 2 aliphatic heterocycles. The second kappa shape index (κ2) is 10.0. The molecule has 2 fully saturated rings. The van der Waals surface area contributed by atoms with Crippen molar-refractivity contribution in [1.29, 1.82) is 0 Å². The van der Waals surface area contributed by atoms with Crippen LogP contribution in [-0.2, 0) is 20.8 Å². The number of rotatable bonds is 6. The first-order valence-corrected chi connectivity index (χ1v) is 10.0. The molecule has 2 atom stereocenters. The summed E-state index contributed by atoms with van der Waals surface area (Å²) in [6.07, 6.45) is 4.15. The van der Waals surface area contributed by atoms with Crippen molar-refractivity contribution in [2.24, 2.45) is 0 Å². The topological polar surface area (TPSA) is 42.0 Å². The molecule has 2 aliphatic rings. The van der Waals surface area contributed by atoms with E-state index >= 15 is 0 Å². The fourth-order valence-corrected chi connectivity index (χ4v) is 3.71. The molecule has 0 saturated carbocycles. The van der Waals surface area contributed by atoms with Gasteiger partial charge >= 0.3 is 0 Å². The van der Waals surface area contributed by atoms with Crippen LogP contribution in [0.25, 0.3) is 0 Å². The van der Waals surface area contributed by atoms with Crippen molar-refractivity contribution in [2.45, 2.75) is 51.4 Å². The zero-order valence-electron chi connectivity index (χ0n) is 15.9. The van der Waals surface area contributed by atoms with Gasteiger partial charge in [0.2, 0.25) is 0 Å². The Balaban J connectivity index is 1.42. The Labute approximate surface area is 157 Å². The van der Waals surface area contributed by atoms with Crippen molar-refractivity contribution >= 4 is 5.91 Å². The predicted octanol–water partition coefficient (Wildman–Crippen LogP) is 2.70. The van der Waals surface area contributed by atoms with Gasteiger partial charge in [0, 0.05) is 39.3 Å². The van der Waals surface area contributed by atoms with E-state index in [9.17, 15) is 4.79 Å². The third-order valence-electron chi connectivity index (χ3n) is 5.30. The highest BCUT2D eigenvalue weighted by Crippen LogP contribution is 2.15. The van der Waals surface area contributed by atoms with E-state index in [4.69, 9.17) is 9.47 Å². The average molecular weight is 360 g/mol. The summed E-state index contributed by atoms with van der Waals surface area (Å²) in [5, 5.41) is 0. The summed E-state index contributed by atoms with van der Waals surface area (Å²) >= 11 is 0. The Morgan fingerprint density at radius 1 is 1.15 bits per heavy atom. The van der Waals surface area contributed by atoms with Crippen LogP contribution in [0.1, 0.15) is 38.2 Å². The second-order valence-electron chi connectivity index (χ2n) is 7.40. The SMILES string of the molecule is C[C@H](OC[C@@H]1CCCCO1)C(=O)N1CCCN(Cc2ccccc2)CC1. The lowest BCUT2D eigenvalue weighted by atomic mass is 10.1. The monoisotopic (exact) mass is 360 g/mol. The van der Waals surface area contributed by atoms with Crippen molar-refractivity contribution in [1.82, 2.24) is 9.80 Å². The number of amides is 1. The molecule has 1 aromatic carbocycles. The molecule has 2 saturated heterocycles. The van der Waals surface area contributed by atoms with Gasteiger partial charge in [0.05, 0.1) is 12.7 Å². The average Bonchev–Trinajstić information content (AvgIpc) is 2.93. The van der Waals surface area contributed by atoms with Crippen LogP contribution in [0.3, 0.4) is 0 Å². The maximum Gasteiger partial charge on any atom is 0.251 e. The van der Waals surface area contributed by atoms with Crippen molar-refractivity contribution in [3.8, 4) is 0 Å². The van der Waals surface area contributed by atoms with Gasteiger partial charge in [0.15, 0.2) is 0 Å². The lowest BCUT2D eigenvalue weighted by Crippen LogP contribution is -2.42. The molecule has 1 amide bonds. The number of ether oxygens (including phenoxy) is 2. The third-order valence-corrected chi connectivity index (χ3v) is 5.30. The van der Waals surface area contributed by atoms with Gasteiger partial charge in [-0.1, -0.05) is 30.3 Å². The molecule has 26 heavy (non-hydrogen) atoms. The molecule has 2 heterocycles. The summed E-state index contributed by atoms with van der Waals surface area (Å²) in [5.41, 5.74) is 1.33. The largest absolute Gasteiger partial charge is 0.376 e. The Hall–Kier alpha value is -1.43. The van der Waals surface area contributed by atoms with Crippen LogP contribution in [0.4, 0.5) is 0 Å². The first kappa shape index (κ1) is 19.3. The van der Waals surface area contributed by atoms with Crippen molar-refractivity contribution in [3.63, 3.8) is 0 Å². The minimum atomic E-state index is -0.388. The Kier molecular flexibility index (Phi) is 7.47. The van der Waals surface area contributed by atoms with E-state index in [1.165, 1.54) is 12.0 Å². The summed E-state index contributed by atoms with van der Waals surface area (Å²) in [6, 6.07) is 10.5. The Bertz CT molecular complexity index is 545. The van der Waals surface area contributed by atoms with Crippen molar-refractivity contribution in [3.05, 3.63) is 35.9 Å². The highest BCUT2D eigenvalue weighted by atomic mass is 16.5. The molecule has 3 rings (SSSR count). The van der Waals surface area contributed by atoms with E-state index in [2.05, 4.69) is 29.2 Å². The molecule has 5 heteroatoms. The smallest absolute Gasteiger partial charge is 0.251 e. The third kappa shape index (κ3) is 5.79. The van der Waals surface area contributed by atoms with Crippen LogP contribution >= 0.6 is 0 Å². The van der Waals surface area contributed by atoms with E-state index < -0.39 is 0 Å². The lowest BCUT2D eigenvalue weighted by molar-refractivity contribution is -0.146. The molecule has 0 unspecified atom stereocenters. The molecule has 0 aliphatic carbocycles. The first-order chi connectivity index (χ1) is 12.7. The molecular weight excluding hydrogens is 328 g/mol. The van der Waals surface area contributed by atoms with Crippen LogP contribution in [0.5, 0.6) is 0 Å². The second-order valence-corrected chi connectivity index (χ2v) is 7.40. The standard InChI is InChI=1S/C21H32N2O3/c1-18(26-17-20-10-5-6-15-25-20)21(24)23-12-7-11-22(13-14-23)16-19-8-3-2-4-9-19/h2-4,8-9,18,20H,5-7,10-17H2,1H3/t18-,20-/m0/s1. The van der Waals surface area contributed by atoms with Gasteiger partial charge in [-0.15, -0.1) is 0 Å². The van der Waals surface area contributed by atoms with Gasteiger partial charge in [-0.25, -0.2) is 0 Å². The fourth-order valence-electron chi connectivity index (χ4n) is 3.71. The summed E-state index contributed by atoms with van der Waals surface area (Å²) in [5.74, 6) is 0.113. The zero-order valence-corrected chi connectivity index (χ0v) is 15.9. The molecule has 0 aromatic heterocycles. The summed E-state index contributed by atoms with van der Waals surface area (Å²) in [6.45, 7) is 7.71. The van der Waals surface area contributed by atoms with Gasteiger partial charge < -0.3 is 14.4 Å². The number of carbonyl (C=O) groups excluding carboxylic acids is 1. The van der Waals surface area contributed by atoms with Crippen molar-refractivity contribution < 1.29 is 14.3 Å². The maximum absolute atomic E-state index is 12.7. The summed E-state index contributed by atoms with van der Waals surface area (Å²) in [4.78, 5) is 17.1. The van der Waals surface area contributed by atoms with Gasteiger partial charge in [-0.05, 0) is 38.2 Å². The first-order valence-electron chi connectivity index (χ1n) is 10.0. The molecule has 1 aromatic rings. The van der Waals surface area contributed by atoms with E-state index in [0.29, 0.717) is 6.61 Å². The molecule has 0 spiro atoms. The lowest BCUT2D eigenvalue weighted by Gasteiger charge is -2.27.